The van der Waals surface area contributed by atoms with Crippen LogP contribution in [0.3, 0.4) is 0 Å². The zero-order valence-corrected chi connectivity index (χ0v) is 12.5. The topological polar surface area (TPSA) is 67.4 Å². The monoisotopic (exact) mass is 316 g/mol. The molecule has 1 saturated heterocycles. The minimum Gasteiger partial charge on any atom is -0.378 e. The van der Waals surface area contributed by atoms with Crippen molar-refractivity contribution in [1.29, 1.82) is 0 Å². The lowest BCUT2D eigenvalue weighted by molar-refractivity contribution is 0.0298. The summed E-state index contributed by atoms with van der Waals surface area (Å²) >= 11 is 0. The molecule has 1 fully saturated rings. The Balaban J connectivity index is 1.60. The van der Waals surface area contributed by atoms with E-state index in [2.05, 4.69) is 15.3 Å². The first-order valence-electron chi connectivity index (χ1n) is 7.40. The largest absolute Gasteiger partial charge is 0.378 e. The van der Waals surface area contributed by atoms with E-state index in [9.17, 15) is 9.18 Å². The molecule has 0 radical (unpaired) electrons. The molecule has 6 nitrogen and oxygen atoms in total. The Morgan fingerprint density at radius 3 is 2.70 bits per heavy atom. The van der Waals surface area contributed by atoms with Gasteiger partial charge in [0.15, 0.2) is 0 Å². The average molecular weight is 316 g/mol. The summed E-state index contributed by atoms with van der Waals surface area (Å²) in [4.78, 5) is 22.2. The number of aromatic nitrogens is 2. The molecule has 0 bridgehead atoms. The van der Waals surface area contributed by atoms with Crippen molar-refractivity contribution in [2.45, 2.75) is 6.54 Å². The fourth-order valence-electron chi connectivity index (χ4n) is 2.29. The molecule has 0 atom stereocenters. The second-order valence-corrected chi connectivity index (χ2v) is 5.14. The van der Waals surface area contributed by atoms with Gasteiger partial charge in [-0.3, -0.25) is 4.79 Å². The smallest absolute Gasteiger partial charge is 0.274 e. The van der Waals surface area contributed by atoms with E-state index in [1.165, 1.54) is 18.5 Å². The number of morpholine rings is 1. The highest BCUT2D eigenvalue weighted by Gasteiger charge is 2.19. The maximum Gasteiger partial charge on any atom is 0.274 e. The van der Waals surface area contributed by atoms with Crippen LogP contribution in [0.25, 0.3) is 0 Å². The van der Waals surface area contributed by atoms with Crippen LogP contribution in [0.1, 0.15) is 16.1 Å². The molecule has 1 aromatic carbocycles. The normalized spacial score (nSPS) is 14.6. The number of nitrogens with zero attached hydrogens (tertiary/aromatic N) is 3. The lowest BCUT2D eigenvalue weighted by Crippen LogP contribution is -2.41. The molecule has 3 rings (SSSR count). The zero-order chi connectivity index (χ0) is 16.1. The van der Waals surface area contributed by atoms with Crippen LogP contribution >= 0.6 is 0 Å². The highest BCUT2D eigenvalue weighted by molar-refractivity contribution is 5.92. The Labute approximate surface area is 133 Å². The van der Waals surface area contributed by atoms with Gasteiger partial charge in [-0.25, -0.2) is 14.4 Å². The molecular formula is C16H17FN4O2. The second kappa shape index (κ2) is 7.15. The molecule has 2 heterocycles. The van der Waals surface area contributed by atoms with Crippen LogP contribution in [0.4, 0.5) is 10.2 Å². The van der Waals surface area contributed by atoms with E-state index in [-0.39, 0.29) is 11.7 Å². The third-order valence-electron chi connectivity index (χ3n) is 3.59. The van der Waals surface area contributed by atoms with E-state index in [1.54, 1.807) is 23.1 Å². The average Bonchev–Trinajstić information content (AvgIpc) is 2.62. The summed E-state index contributed by atoms with van der Waals surface area (Å²) < 4.78 is 18.7. The summed E-state index contributed by atoms with van der Waals surface area (Å²) in [5.74, 6) is 0.0697. The summed E-state index contributed by atoms with van der Waals surface area (Å²) in [6, 6.07) is 6.53. The molecular weight excluding hydrogens is 299 g/mol. The summed E-state index contributed by atoms with van der Waals surface area (Å²) in [5, 5.41) is 2.99. The number of benzene rings is 1. The van der Waals surface area contributed by atoms with Gasteiger partial charge in [0.05, 0.1) is 25.6 Å². The molecule has 1 aromatic heterocycles. The molecule has 0 saturated carbocycles. The van der Waals surface area contributed by atoms with Gasteiger partial charge in [0, 0.05) is 25.2 Å². The van der Waals surface area contributed by atoms with Crippen molar-refractivity contribution in [2.24, 2.45) is 0 Å². The van der Waals surface area contributed by atoms with Crippen LogP contribution in [0.15, 0.2) is 36.7 Å². The van der Waals surface area contributed by atoms with Crippen LogP contribution in [0.5, 0.6) is 0 Å². The predicted octanol–water partition coefficient (Wildman–Crippen LogP) is 1.70. The molecule has 1 amide bonds. The molecule has 2 aromatic rings. The van der Waals surface area contributed by atoms with Crippen LogP contribution in [0, 0.1) is 5.82 Å². The van der Waals surface area contributed by atoms with E-state index < -0.39 is 0 Å². The highest BCUT2D eigenvalue weighted by Crippen LogP contribution is 2.10. The van der Waals surface area contributed by atoms with E-state index in [0.717, 1.165) is 0 Å². The first-order chi connectivity index (χ1) is 11.2. The van der Waals surface area contributed by atoms with Crippen molar-refractivity contribution in [2.75, 3.05) is 31.6 Å². The van der Waals surface area contributed by atoms with Gasteiger partial charge in [-0.05, 0) is 6.07 Å². The van der Waals surface area contributed by atoms with Crippen molar-refractivity contribution in [3.05, 3.63) is 53.7 Å². The van der Waals surface area contributed by atoms with Crippen molar-refractivity contribution >= 4 is 11.7 Å². The minimum absolute atomic E-state index is 0.151. The third kappa shape index (κ3) is 3.81. The van der Waals surface area contributed by atoms with Crippen molar-refractivity contribution in [1.82, 2.24) is 14.9 Å². The van der Waals surface area contributed by atoms with E-state index >= 15 is 0 Å². The molecule has 1 aliphatic heterocycles. The maximum absolute atomic E-state index is 13.5. The summed E-state index contributed by atoms with van der Waals surface area (Å²) in [6.07, 6.45) is 2.91. The first-order valence-corrected chi connectivity index (χ1v) is 7.40. The number of hydrogen-bond acceptors (Lipinski definition) is 5. The van der Waals surface area contributed by atoms with Gasteiger partial charge in [0.25, 0.3) is 5.91 Å². The molecule has 1 N–H and O–H groups in total. The molecule has 0 aliphatic carbocycles. The van der Waals surface area contributed by atoms with Gasteiger partial charge in [-0.1, -0.05) is 18.2 Å². The number of amides is 1. The van der Waals surface area contributed by atoms with Crippen LogP contribution in [-0.2, 0) is 11.3 Å². The number of nitrogens with one attached hydrogen (secondary N) is 1. The predicted molar refractivity (Wildman–Crippen MR) is 82.5 cm³/mol. The maximum atomic E-state index is 13.5. The van der Waals surface area contributed by atoms with Gasteiger partial charge in [-0.2, -0.15) is 0 Å². The highest BCUT2D eigenvalue weighted by atomic mass is 19.1. The minimum atomic E-state index is -0.271. The third-order valence-corrected chi connectivity index (χ3v) is 3.59. The SMILES string of the molecule is O=C(c1cnc(NCc2ccccc2F)cn1)N1CCOCC1. The fourth-order valence-corrected chi connectivity index (χ4v) is 2.29. The lowest BCUT2D eigenvalue weighted by atomic mass is 10.2. The van der Waals surface area contributed by atoms with Crippen molar-refractivity contribution in [3.63, 3.8) is 0 Å². The number of hydrogen-bond donors (Lipinski definition) is 1. The fraction of sp³-hybridized carbons (Fsp3) is 0.312. The van der Waals surface area contributed by atoms with Gasteiger partial charge in [0.1, 0.15) is 17.3 Å². The summed E-state index contributed by atoms with van der Waals surface area (Å²) in [7, 11) is 0. The Morgan fingerprint density at radius 2 is 2.00 bits per heavy atom. The van der Waals surface area contributed by atoms with Crippen LogP contribution < -0.4 is 5.32 Å². The quantitative estimate of drug-likeness (QED) is 0.930. The van der Waals surface area contributed by atoms with Crippen LogP contribution in [0.2, 0.25) is 0 Å². The lowest BCUT2D eigenvalue weighted by Gasteiger charge is -2.26. The molecule has 1 aliphatic rings. The number of anilines is 1. The van der Waals surface area contributed by atoms with Gasteiger partial charge in [-0.15, -0.1) is 0 Å². The second-order valence-electron chi connectivity index (χ2n) is 5.14. The Hall–Kier alpha value is -2.54. The number of halogens is 1. The van der Waals surface area contributed by atoms with E-state index in [1.807, 2.05) is 0 Å². The Bertz CT molecular complexity index is 672. The molecule has 120 valence electrons. The van der Waals surface area contributed by atoms with E-state index in [0.29, 0.717) is 49.9 Å². The van der Waals surface area contributed by atoms with Crippen molar-refractivity contribution in [3.8, 4) is 0 Å². The number of rotatable bonds is 4. The Morgan fingerprint density at radius 1 is 1.22 bits per heavy atom. The molecule has 7 heteroatoms. The van der Waals surface area contributed by atoms with Gasteiger partial charge < -0.3 is 15.0 Å². The molecule has 0 unspecified atom stereocenters. The molecule has 0 spiro atoms. The van der Waals surface area contributed by atoms with Gasteiger partial charge in [0.2, 0.25) is 0 Å². The number of ether oxygens (including phenoxy) is 1. The van der Waals surface area contributed by atoms with Crippen LogP contribution in [-0.4, -0.2) is 47.1 Å². The van der Waals surface area contributed by atoms with Crippen molar-refractivity contribution < 1.29 is 13.9 Å². The van der Waals surface area contributed by atoms with E-state index in [4.69, 9.17) is 4.74 Å². The number of carbonyl (C=O) groups is 1. The zero-order valence-electron chi connectivity index (χ0n) is 12.5. The number of carbonyl (C=O) groups excluding carboxylic acids is 1. The summed E-state index contributed by atoms with van der Waals surface area (Å²) in [5.41, 5.74) is 0.839. The Kier molecular flexibility index (Phi) is 4.77. The standard InChI is InChI=1S/C16H17FN4O2/c17-13-4-2-1-3-12(13)9-19-15-11-18-14(10-20-15)16(22)21-5-7-23-8-6-21/h1-4,10-11H,5-9H2,(H,19,20). The first kappa shape index (κ1) is 15.4. The van der Waals surface area contributed by atoms with Gasteiger partial charge >= 0.3 is 0 Å². The summed E-state index contributed by atoms with van der Waals surface area (Å²) in [6.45, 7) is 2.52. The molecule has 23 heavy (non-hydrogen) atoms.